The minimum absolute atomic E-state index is 0.0382. The van der Waals surface area contributed by atoms with E-state index < -0.39 is 0 Å². The second-order valence-corrected chi connectivity index (χ2v) is 5.41. The highest BCUT2D eigenvalue weighted by molar-refractivity contribution is 5.95. The zero-order chi connectivity index (χ0) is 14.4. The van der Waals surface area contributed by atoms with E-state index in [1.54, 1.807) is 18.2 Å². The Hall–Kier alpha value is -1.71. The summed E-state index contributed by atoms with van der Waals surface area (Å²) in [6.07, 6.45) is 6.67. The van der Waals surface area contributed by atoms with Crippen LogP contribution in [0.5, 0.6) is 5.75 Å². The van der Waals surface area contributed by atoms with Gasteiger partial charge in [-0.2, -0.15) is 0 Å². The molecule has 4 nitrogen and oxygen atoms in total. The van der Waals surface area contributed by atoms with Gasteiger partial charge >= 0.3 is 0 Å². The van der Waals surface area contributed by atoms with Gasteiger partial charge in [-0.05, 0) is 37.5 Å². The maximum atomic E-state index is 12.1. The highest BCUT2D eigenvalue weighted by Gasteiger charge is 2.18. The van der Waals surface area contributed by atoms with Crippen LogP contribution in [0.25, 0.3) is 0 Å². The van der Waals surface area contributed by atoms with Crippen molar-refractivity contribution < 1.29 is 9.53 Å². The molecule has 0 bridgehead atoms. The first-order chi connectivity index (χ1) is 9.70. The summed E-state index contributed by atoms with van der Waals surface area (Å²) in [5, 5.41) is 3.06. The van der Waals surface area contributed by atoms with Gasteiger partial charge in [0.2, 0.25) is 0 Å². The molecule has 1 fully saturated rings. The summed E-state index contributed by atoms with van der Waals surface area (Å²) in [4.78, 5) is 12.1. The normalized spacial score (nSPS) is 15.2. The SMILES string of the molecule is CCCCOc1ccc(C(=O)NC2CCCC2)cc1N. The van der Waals surface area contributed by atoms with Crippen LogP contribution < -0.4 is 15.8 Å². The second kappa shape index (κ2) is 7.17. The van der Waals surface area contributed by atoms with Gasteiger partial charge in [0.1, 0.15) is 5.75 Å². The van der Waals surface area contributed by atoms with Crippen molar-refractivity contribution in [2.75, 3.05) is 12.3 Å². The van der Waals surface area contributed by atoms with E-state index in [1.807, 2.05) is 0 Å². The summed E-state index contributed by atoms with van der Waals surface area (Å²) in [6, 6.07) is 5.59. The fourth-order valence-corrected chi connectivity index (χ4v) is 2.49. The molecular formula is C16H24N2O2. The number of unbranched alkanes of at least 4 members (excludes halogenated alkanes) is 1. The van der Waals surface area contributed by atoms with Crippen LogP contribution >= 0.6 is 0 Å². The van der Waals surface area contributed by atoms with Crippen molar-refractivity contribution in [3.8, 4) is 5.75 Å². The van der Waals surface area contributed by atoms with Gasteiger partial charge in [-0.1, -0.05) is 26.2 Å². The lowest BCUT2D eigenvalue weighted by Crippen LogP contribution is -2.32. The maximum Gasteiger partial charge on any atom is 0.251 e. The van der Waals surface area contributed by atoms with E-state index in [1.165, 1.54) is 12.8 Å². The Bertz CT molecular complexity index is 454. The number of nitrogen functional groups attached to an aromatic ring is 1. The number of ether oxygens (including phenoxy) is 1. The molecule has 20 heavy (non-hydrogen) atoms. The number of nitrogens with one attached hydrogen (secondary N) is 1. The van der Waals surface area contributed by atoms with Crippen LogP contribution in [0.1, 0.15) is 55.8 Å². The molecule has 4 heteroatoms. The average Bonchev–Trinajstić information content (AvgIpc) is 2.93. The molecule has 2 rings (SSSR count). The van der Waals surface area contributed by atoms with Gasteiger partial charge < -0.3 is 15.8 Å². The molecule has 0 radical (unpaired) electrons. The summed E-state index contributed by atoms with van der Waals surface area (Å²) < 4.78 is 5.59. The summed E-state index contributed by atoms with van der Waals surface area (Å²) in [5.41, 5.74) is 7.08. The predicted octanol–water partition coefficient (Wildman–Crippen LogP) is 3.12. The Labute approximate surface area is 120 Å². The van der Waals surface area contributed by atoms with Crippen LogP contribution in [-0.2, 0) is 0 Å². The molecule has 0 aliphatic heterocycles. The maximum absolute atomic E-state index is 12.1. The average molecular weight is 276 g/mol. The lowest BCUT2D eigenvalue weighted by molar-refractivity contribution is 0.0938. The fourth-order valence-electron chi connectivity index (χ4n) is 2.49. The monoisotopic (exact) mass is 276 g/mol. The molecular weight excluding hydrogens is 252 g/mol. The summed E-state index contributed by atoms with van der Waals surface area (Å²) in [7, 11) is 0. The zero-order valence-corrected chi connectivity index (χ0v) is 12.2. The number of anilines is 1. The number of benzene rings is 1. The van der Waals surface area contributed by atoms with Crippen molar-refractivity contribution in [1.29, 1.82) is 0 Å². The molecule has 110 valence electrons. The molecule has 0 saturated heterocycles. The Morgan fingerprint density at radius 3 is 2.80 bits per heavy atom. The molecule has 3 N–H and O–H groups in total. The number of rotatable bonds is 6. The van der Waals surface area contributed by atoms with Crippen LogP contribution in [0.2, 0.25) is 0 Å². The van der Waals surface area contributed by atoms with Gasteiger partial charge in [-0.15, -0.1) is 0 Å². The minimum atomic E-state index is -0.0382. The Morgan fingerprint density at radius 1 is 1.40 bits per heavy atom. The van der Waals surface area contributed by atoms with E-state index in [0.717, 1.165) is 25.7 Å². The molecule has 0 spiro atoms. The first-order valence-electron chi connectivity index (χ1n) is 7.54. The number of carbonyl (C=O) groups is 1. The largest absolute Gasteiger partial charge is 0.491 e. The van der Waals surface area contributed by atoms with Crippen molar-refractivity contribution in [2.24, 2.45) is 0 Å². The van der Waals surface area contributed by atoms with Crippen molar-refractivity contribution in [3.63, 3.8) is 0 Å². The molecule has 0 aromatic heterocycles. The number of nitrogens with two attached hydrogens (primary N) is 1. The van der Waals surface area contributed by atoms with Crippen LogP contribution in [-0.4, -0.2) is 18.6 Å². The molecule has 1 saturated carbocycles. The smallest absolute Gasteiger partial charge is 0.251 e. The number of hydrogen-bond donors (Lipinski definition) is 2. The fraction of sp³-hybridized carbons (Fsp3) is 0.562. The third-order valence-electron chi connectivity index (χ3n) is 3.72. The summed E-state index contributed by atoms with van der Waals surface area (Å²) in [6.45, 7) is 2.78. The molecule has 0 unspecified atom stereocenters. The van der Waals surface area contributed by atoms with Gasteiger partial charge in [0.05, 0.1) is 12.3 Å². The second-order valence-electron chi connectivity index (χ2n) is 5.41. The quantitative estimate of drug-likeness (QED) is 0.620. The third kappa shape index (κ3) is 3.89. The molecule has 1 aliphatic rings. The van der Waals surface area contributed by atoms with Crippen LogP contribution in [0.15, 0.2) is 18.2 Å². The van der Waals surface area contributed by atoms with Gasteiger partial charge in [0.25, 0.3) is 5.91 Å². The molecule has 1 aromatic rings. The number of carbonyl (C=O) groups excluding carboxylic acids is 1. The Balaban J connectivity index is 1.94. The first kappa shape index (κ1) is 14.7. The summed E-state index contributed by atoms with van der Waals surface area (Å²) in [5.74, 6) is 0.625. The lowest BCUT2D eigenvalue weighted by Gasteiger charge is -2.13. The molecule has 1 aliphatic carbocycles. The van der Waals surface area contributed by atoms with E-state index in [-0.39, 0.29) is 5.91 Å². The molecule has 1 amide bonds. The van der Waals surface area contributed by atoms with E-state index in [4.69, 9.17) is 10.5 Å². The van der Waals surface area contributed by atoms with E-state index in [9.17, 15) is 4.79 Å². The number of hydrogen-bond acceptors (Lipinski definition) is 3. The van der Waals surface area contributed by atoms with E-state index in [2.05, 4.69) is 12.2 Å². The highest BCUT2D eigenvalue weighted by atomic mass is 16.5. The molecule has 0 heterocycles. The third-order valence-corrected chi connectivity index (χ3v) is 3.72. The molecule has 1 aromatic carbocycles. The summed E-state index contributed by atoms with van der Waals surface area (Å²) >= 11 is 0. The van der Waals surface area contributed by atoms with Crippen molar-refractivity contribution in [3.05, 3.63) is 23.8 Å². The standard InChI is InChI=1S/C16H24N2O2/c1-2-3-10-20-15-9-8-12(11-14(15)17)16(19)18-13-6-4-5-7-13/h8-9,11,13H,2-7,10,17H2,1H3,(H,18,19). The van der Waals surface area contributed by atoms with E-state index >= 15 is 0 Å². The lowest BCUT2D eigenvalue weighted by atomic mass is 10.1. The minimum Gasteiger partial charge on any atom is -0.491 e. The van der Waals surface area contributed by atoms with Gasteiger partial charge in [0, 0.05) is 11.6 Å². The Morgan fingerprint density at radius 2 is 2.15 bits per heavy atom. The van der Waals surface area contributed by atoms with Gasteiger partial charge in [-0.25, -0.2) is 0 Å². The van der Waals surface area contributed by atoms with Gasteiger partial charge in [-0.3, -0.25) is 4.79 Å². The first-order valence-corrected chi connectivity index (χ1v) is 7.54. The Kier molecular flexibility index (Phi) is 5.27. The predicted molar refractivity (Wildman–Crippen MR) is 81.0 cm³/mol. The van der Waals surface area contributed by atoms with Crippen LogP contribution in [0, 0.1) is 0 Å². The van der Waals surface area contributed by atoms with Crippen molar-refractivity contribution >= 4 is 11.6 Å². The van der Waals surface area contributed by atoms with Gasteiger partial charge in [0.15, 0.2) is 0 Å². The number of amides is 1. The van der Waals surface area contributed by atoms with Crippen LogP contribution in [0.3, 0.4) is 0 Å². The van der Waals surface area contributed by atoms with E-state index in [0.29, 0.717) is 29.6 Å². The van der Waals surface area contributed by atoms with Crippen molar-refractivity contribution in [2.45, 2.75) is 51.5 Å². The zero-order valence-electron chi connectivity index (χ0n) is 12.2. The van der Waals surface area contributed by atoms with Crippen LogP contribution in [0.4, 0.5) is 5.69 Å². The topological polar surface area (TPSA) is 64.3 Å². The van der Waals surface area contributed by atoms with Crippen molar-refractivity contribution in [1.82, 2.24) is 5.32 Å². The molecule has 0 atom stereocenters. The highest BCUT2D eigenvalue weighted by Crippen LogP contribution is 2.23.